The van der Waals surface area contributed by atoms with Crippen LogP contribution in [0.5, 0.6) is 0 Å². The van der Waals surface area contributed by atoms with Crippen LogP contribution in [0.4, 0.5) is 0 Å². The normalized spacial score (nSPS) is 22.9. The lowest BCUT2D eigenvalue weighted by Crippen LogP contribution is -2.45. The summed E-state index contributed by atoms with van der Waals surface area (Å²) in [6.45, 7) is 0.903. The van der Waals surface area contributed by atoms with Gasteiger partial charge >= 0.3 is 0 Å². The maximum Gasteiger partial charge on any atom is 0.225 e. The van der Waals surface area contributed by atoms with Gasteiger partial charge in [-0.05, 0) is 25.7 Å². The van der Waals surface area contributed by atoms with E-state index in [1.807, 2.05) is 0 Å². The molecule has 0 spiro atoms. The molecule has 1 amide bonds. The first-order valence-corrected chi connectivity index (χ1v) is 8.81. The molecule has 18 heavy (non-hydrogen) atoms. The van der Waals surface area contributed by atoms with Crippen molar-refractivity contribution in [1.82, 2.24) is 4.90 Å². The smallest absolute Gasteiger partial charge is 0.225 e. The average molecular weight is 316 g/mol. The van der Waals surface area contributed by atoms with Gasteiger partial charge in [-0.2, -0.15) is 0 Å². The van der Waals surface area contributed by atoms with Crippen molar-refractivity contribution in [2.75, 3.05) is 11.9 Å². The Labute approximate surface area is 120 Å². The van der Waals surface area contributed by atoms with Gasteiger partial charge in [-0.1, -0.05) is 54.5 Å². The van der Waals surface area contributed by atoms with E-state index in [2.05, 4.69) is 20.8 Å². The highest BCUT2D eigenvalue weighted by Gasteiger charge is 2.30. The molecule has 0 atom stereocenters. The first-order chi connectivity index (χ1) is 8.83. The molecular weight excluding hydrogens is 290 g/mol. The van der Waals surface area contributed by atoms with Crippen molar-refractivity contribution in [3.8, 4) is 0 Å². The number of nitrogens with zero attached hydrogens (tertiary/aromatic N) is 1. The minimum Gasteiger partial charge on any atom is -0.339 e. The van der Waals surface area contributed by atoms with Crippen molar-refractivity contribution in [2.24, 2.45) is 5.92 Å². The predicted octanol–water partition coefficient (Wildman–Crippen LogP) is 4.12. The summed E-state index contributed by atoms with van der Waals surface area (Å²) in [6, 6.07) is 0.533. The third-order valence-electron chi connectivity index (χ3n) is 4.58. The van der Waals surface area contributed by atoms with Gasteiger partial charge in [-0.15, -0.1) is 0 Å². The number of hydrogen-bond acceptors (Lipinski definition) is 1. The van der Waals surface area contributed by atoms with Crippen molar-refractivity contribution >= 4 is 21.8 Å². The van der Waals surface area contributed by atoms with Crippen LogP contribution in [0.2, 0.25) is 0 Å². The summed E-state index contributed by atoms with van der Waals surface area (Å²) < 4.78 is 0. The molecule has 0 unspecified atom stereocenters. The minimum absolute atomic E-state index is 0.333. The van der Waals surface area contributed by atoms with E-state index in [0.29, 0.717) is 17.9 Å². The van der Waals surface area contributed by atoms with Crippen molar-refractivity contribution in [2.45, 2.75) is 70.3 Å². The predicted molar refractivity (Wildman–Crippen MR) is 79.0 cm³/mol. The summed E-state index contributed by atoms with van der Waals surface area (Å²) in [7, 11) is 0. The largest absolute Gasteiger partial charge is 0.339 e. The van der Waals surface area contributed by atoms with E-state index >= 15 is 0 Å². The Morgan fingerprint density at radius 2 is 1.50 bits per heavy atom. The van der Waals surface area contributed by atoms with Crippen molar-refractivity contribution in [3.63, 3.8) is 0 Å². The molecule has 0 aromatic carbocycles. The molecule has 0 heterocycles. The molecule has 2 nitrogen and oxygen atoms in total. The highest BCUT2D eigenvalue weighted by Crippen LogP contribution is 2.29. The van der Waals surface area contributed by atoms with Gasteiger partial charge in [0.15, 0.2) is 0 Å². The number of alkyl halides is 1. The van der Waals surface area contributed by atoms with Gasteiger partial charge in [-0.3, -0.25) is 4.79 Å². The molecular formula is C15H26BrNO. The standard InChI is InChI=1S/C15H26BrNO/c16-11-12-17(14-9-5-2-6-10-14)15(18)13-7-3-1-4-8-13/h13-14H,1-12H2. The molecule has 104 valence electrons. The number of carbonyl (C=O) groups is 1. The molecule has 2 fully saturated rings. The fourth-order valence-corrected chi connectivity index (χ4v) is 3.92. The quantitative estimate of drug-likeness (QED) is 0.714. The summed E-state index contributed by atoms with van der Waals surface area (Å²) in [5.74, 6) is 0.792. The second kappa shape index (κ2) is 7.52. The monoisotopic (exact) mass is 315 g/mol. The lowest BCUT2D eigenvalue weighted by Gasteiger charge is -2.37. The van der Waals surface area contributed by atoms with E-state index in [-0.39, 0.29) is 0 Å². The van der Waals surface area contributed by atoms with Crippen LogP contribution in [0.15, 0.2) is 0 Å². The third-order valence-corrected chi connectivity index (χ3v) is 4.93. The zero-order valence-corrected chi connectivity index (χ0v) is 13.0. The van der Waals surface area contributed by atoms with Crippen LogP contribution in [-0.2, 0) is 4.79 Å². The van der Waals surface area contributed by atoms with E-state index in [1.54, 1.807) is 0 Å². The zero-order valence-electron chi connectivity index (χ0n) is 11.4. The van der Waals surface area contributed by atoms with E-state index in [0.717, 1.165) is 24.7 Å². The molecule has 2 saturated carbocycles. The maximum absolute atomic E-state index is 12.7. The number of rotatable bonds is 4. The zero-order chi connectivity index (χ0) is 12.8. The Morgan fingerprint density at radius 1 is 0.944 bits per heavy atom. The first kappa shape index (κ1) is 14.4. The summed E-state index contributed by atoms with van der Waals surface area (Å²) in [5, 5.41) is 0.919. The Balaban J connectivity index is 1.96. The maximum atomic E-state index is 12.7. The molecule has 0 saturated heterocycles. The summed E-state index contributed by atoms with van der Waals surface area (Å²) >= 11 is 3.52. The van der Waals surface area contributed by atoms with E-state index in [4.69, 9.17) is 0 Å². The molecule has 3 heteroatoms. The number of halogens is 1. The fraction of sp³-hybridized carbons (Fsp3) is 0.933. The molecule has 0 aliphatic heterocycles. The molecule has 0 radical (unpaired) electrons. The Bertz CT molecular complexity index is 257. The highest BCUT2D eigenvalue weighted by atomic mass is 79.9. The van der Waals surface area contributed by atoms with Gasteiger partial charge in [0.25, 0.3) is 0 Å². The van der Waals surface area contributed by atoms with Crippen LogP contribution in [-0.4, -0.2) is 28.7 Å². The van der Waals surface area contributed by atoms with Crippen LogP contribution >= 0.6 is 15.9 Å². The van der Waals surface area contributed by atoms with E-state index in [1.165, 1.54) is 51.4 Å². The van der Waals surface area contributed by atoms with Gasteiger partial charge in [0.1, 0.15) is 0 Å². The molecule has 2 rings (SSSR count). The van der Waals surface area contributed by atoms with E-state index < -0.39 is 0 Å². The van der Waals surface area contributed by atoms with Gasteiger partial charge < -0.3 is 4.90 Å². The van der Waals surface area contributed by atoms with Crippen molar-refractivity contribution in [1.29, 1.82) is 0 Å². The lowest BCUT2D eigenvalue weighted by atomic mass is 9.86. The second-order valence-corrected chi connectivity index (χ2v) is 6.64. The minimum atomic E-state index is 0.333. The summed E-state index contributed by atoms with van der Waals surface area (Å²) in [6.07, 6.45) is 12.5. The SMILES string of the molecule is O=C(C1CCCCC1)N(CCBr)C1CCCCC1. The van der Waals surface area contributed by atoms with Gasteiger partial charge in [0.05, 0.1) is 0 Å². The van der Waals surface area contributed by atoms with Crippen molar-refractivity contribution in [3.05, 3.63) is 0 Å². The molecule has 0 aromatic rings. The Morgan fingerprint density at radius 3 is 2.06 bits per heavy atom. The number of carbonyl (C=O) groups excluding carboxylic acids is 1. The average Bonchev–Trinajstić information content (AvgIpc) is 2.46. The second-order valence-electron chi connectivity index (χ2n) is 5.85. The number of amides is 1. The van der Waals surface area contributed by atoms with Crippen molar-refractivity contribution < 1.29 is 4.79 Å². The van der Waals surface area contributed by atoms with Gasteiger partial charge in [0.2, 0.25) is 5.91 Å². The molecule has 0 aromatic heterocycles. The van der Waals surface area contributed by atoms with Crippen LogP contribution in [0.25, 0.3) is 0 Å². The van der Waals surface area contributed by atoms with E-state index in [9.17, 15) is 4.79 Å². The van der Waals surface area contributed by atoms with Gasteiger partial charge in [-0.25, -0.2) is 0 Å². The third kappa shape index (κ3) is 3.72. The van der Waals surface area contributed by atoms with Crippen LogP contribution < -0.4 is 0 Å². The molecule has 2 aliphatic carbocycles. The molecule has 0 bridgehead atoms. The Kier molecular flexibility index (Phi) is 6.00. The molecule has 2 aliphatic rings. The summed E-state index contributed by atoms with van der Waals surface area (Å²) in [5.41, 5.74) is 0. The topological polar surface area (TPSA) is 20.3 Å². The van der Waals surface area contributed by atoms with Gasteiger partial charge in [0, 0.05) is 23.8 Å². The van der Waals surface area contributed by atoms with Crippen LogP contribution in [0, 0.1) is 5.92 Å². The molecule has 0 N–H and O–H groups in total. The van der Waals surface area contributed by atoms with Crippen LogP contribution in [0.3, 0.4) is 0 Å². The highest BCUT2D eigenvalue weighted by molar-refractivity contribution is 9.09. The fourth-order valence-electron chi connectivity index (χ4n) is 3.54. The Hall–Kier alpha value is -0.0500. The summed E-state index contributed by atoms with van der Waals surface area (Å²) in [4.78, 5) is 14.9. The number of hydrogen-bond donors (Lipinski definition) is 0. The first-order valence-electron chi connectivity index (χ1n) is 7.69. The van der Waals surface area contributed by atoms with Crippen LogP contribution in [0.1, 0.15) is 64.2 Å². The lowest BCUT2D eigenvalue weighted by molar-refractivity contribution is -0.139.